The normalized spacial score (nSPS) is 21.8. The Morgan fingerprint density at radius 2 is 1.96 bits per heavy atom. The van der Waals surface area contributed by atoms with Crippen LogP contribution in [0, 0.1) is 19.8 Å². The Bertz CT molecular complexity index is 825. The second-order valence-corrected chi connectivity index (χ2v) is 7.71. The van der Waals surface area contributed by atoms with E-state index in [1.807, 2.05) is 13.8 Å². The maximum atomic E-state index is 13.1. The predicted octanol–water partition coefficient (Wildman–Crippen LogP) is 2.22. The van der Waals surface area contributed by atoms with E-state index < -0.39 is 0 Å². The Morgan fingerprint density at radius 1 is 1.19 bits per heavy atom. The predicted molar refractivity (Wildman–Crippen MR) is 105 cm³/mol. The molecule has 4 rings (SSSR count). The van der Waals surface area contributed by atoms with E-state index in [1.54, 1.807) is 6.33 Å². The van der Waals surface area contributed by atoms with Gasteiger partial charge in [-0.1, -0.05) is 6.92 Å². The highest BCUT2D eigenvalue weighted by Crippen LogP contribution is 2.33. The molecule has 7 heteroatoms. The maximum Gasteiger partial charge on any atom is 0.231 e. The van der Waals surface area contributed by atoms with Crippen molar-refractivity contribution in [2.24, 2.45) is 5.92 Å². The topological polar surface area (TPSA) is 65.7 Å². The van der Waals surface area contributed by atoms with Gasteiger partial charge in [0.15, 0.2) is 0 Å². The van der Waals surface area contributed by atoms with Gasteiger partial charge in [0.2, 0.25) is 11.6 Å². The average Bonchev–Trinajstić information content (AvgIpc) is 3.01. The van der Waals surface area contributed by atoms with E-state index in [9.17, 15) is 4.79 Å². The minimum absolute atomic E-state index is 0.0465. The third-order valence-electron chi connectivity index (χ3n) is 6.15. The third kappa shape index (κ3) is 3.40. The smallest absolute Gasteiger partial charge is 0.231 e. The number of hydrogen-bond acceptors (Lipinski definition) is 6. The summed E-state index contributed by atoms with van der Waals surface area (Å²) in [4.78, 5) is 28.6. The molecule has 0 unspecified atom stereocenters. The molecule has 2 saturated heterocycles. The Hall–Kier alpha value is -2.15. The van der Waals surface area contributed by atoms with Crippen LogP contribution >= 0.6 is 0 Å². The number of amides is 1. The fourth-order valence-electron chi connectivity index (χ4n) is 4.32. The minimum Gasteiger partial charge on any atom is -0.443 e. The Morgan fingerprint density at radius 3 is 2.70 bits per heavy atom. The molecule has 0 bridgehead atoms. The van der Waals surface area contributed by atoms with Crippen molar-refractivity contribution in [1.82, 2.24) is 19.8 Å². The molecule has 0 radical (unpaired) electrons. The summed E-state index contributed by atoms with van der Waals surface area (Å²) in [5.41, 5.74) is 1.73. The van der Waals surface area contributed by atoms with Gasteiger partial charge in [-0.2, -0.15) is 0 Å². The van der Waals surface area contributed by atoms with E-state index >= 15 is 0 Å². The molecule has 0 N–H and O–H groups in total. The molecule has 0 aromatic carbocycles. The number of nitrogens with zero attached hydrogens (tertiary/aromatic N) is 5. The van der Waals surface area contributed by atoms with Crippen LogP contribution in [0.5, 0.6) is 0 Å². The van der Waals surface area contributed by atoms with Crippen LogP contribution in [0.15, 0.2) is 10.7 Å². The molecule has 4 heterocycles. The number of furan rings is 1. The first-order chi connectivity index (χ1) is 13.1. The Kier molecular flexibility index (Phi) is 5.04. The number of hydrogen-bond donors (Lipinski definition) is 0. The standard InChI is InChI=1S/C20H29N5O2/c1-4-23-8-10-24(11-9-23)20(26)16-6-5-7-25(12-16)18-17-14(2)15(3)27-19(17)22-13-21-18/h13,16H,4-12H2,1-3H3/t16-/m0/s1. The molecule has 1 amide bonds. The van der Waals surface area contributed by atoms with E-state index in [4.69, 9.17) is 4.42 Å². The number of carbonyl (C=O) groups excluding carboxylic acids is 1. The lowest BCUT2D eigenvalue weighted by atomic mass is 9.96. The lowest BCUT2D eigenvalue weighted by Gasteiger charge is -2.39. The molecular weight excluding hydrogens is 342 g/mol. The van der Waals surface area contributed by atoms with Crippen LogP contribution in [-0.2, 0) is 4.79 Å². The van der Waals surface area contributed by atoms with Gasteiger partial charge in [0.1, 0.15) is 17.9 Å². The number of carbonyl (C=O) groups is 1. The number of piperazine rings is 1. The summed E-state index contributed by atoms with van der Waals surface area (Å²) >= 11 is 0. The Balaban J connectivity index is 1.51. The molecule has 0 aliphatic carbocycles. The number of rotatable bonds is 3. The monoisotopic (exact) mass is 371 g/mol. The zero-order valence-corrected chi connectivity index (χ0v) is 16.6. The molecule has 2 fully saturated rings. The number of likely N-dealkylation sites (N-methyl/N-ethyl adjacent to an activating group) is 1. The molecule has 7 nitrogen and oxygen atoms in total. The van der Waals surface area contributed by atoms with E-state index in [2.05, 4.69) is 31.6 Å². The van der Waals surface area contributed by atoms with Gasteiger partial charge in [0.05, 0.1) is 11.3 Å². The first-order valence-corrected chi connectivity index (χ1v) is 10.0. The first kappa shape index (κ1) is 18.2. The third-order valence-corrected chi connectivity index (χ3v) is 6.15. The summed E-state index contributed by atoms with van der Waals surface area (Å²) in [6.07, 6.45) is 3.53. The molecule has 0 spiro atoms. The number of fused-ring (bicyclic) bond motifs is 1. The minimum atomic E-state index is 0.0465. The second kappa shape index (κ2) is 7.46. The van der Waals surface area contributed by atoms with Crippen molar-refractivity contribution in [3.63, 3.8) is 0 Å². The maximum absolute atomic E-state index is 13.1. The van der Waals surface area contributed by atoms with E-state index in [0.29, 0.717) is 11.6 Å². The van der Waals surface area contributed by atoms with Crippen LogP contribution in [0.25, 0.3) is 11.1 Å². The fraction of sp³-hybridized carbons (Fsp3) is 0.650. The van der Waals surface area contributed by atoms with Crippen molar-refractivity contribution in [2.45, 2.75) is 33.6 Å². The number of aryl methyl sites for hydroxylation is 2. The number of aromatic nitrogens is 2. The number of anilines is 1. The number of piperidine rings is 1. The van der Waals surface area contributed by atoms with Crippen LogP contribution in [-0.4, -0.2) is 71.5 Å². The molecule has 2 aliphatic rings. The van der Waals surface area contributed by atoms with Gasteiger partial charge < -0.3 is 19.1 Å². The van der Waals surface area contributed by atoms with Crippen molar-refractivity contribution in [2.75, 3.05) is 50.7 Å². The SMILES string of the molecule is CCN1CCN(C(=O)[C@H]2CCCN(c3ncnc4oc(C)c(C)c34)C2)CC1. The van der Waals surface area contributed by atoms with E-state index in [1.165, 1.54) is 0 Å². The van der Waals surface area contributed by atoms with Gasteiger partial charge in [-0.05, 0) is 33.2 Å². The lowest BCUT2D eigenvalue weighted by Crippen LogP contribution is -2.52. The fourth-order valence-corrected chi connectivity index (χ4v) is 4.32. The van der Waals surface area contributed by atoms with Crippen LogP contribution in [0.4, 0.5) is 5.82 Å². The zero-order valence-electron chi connectivity index (χ0n) is 16.6. The average molecular weight is 371 g/mol. The van der Waals surface area contributed by atoms with Crippen molar-refractivity contribution in [1.29, 1.82) is 0 Å². The van der Waals surface area contributed by atoms with Crippen LogP contribution < -0.4 is 4.90 Å². The Labute approximate surface area is 160 Å². The van der Waals surface area contributed by atoms with Gasteiger partial charge in [-0.25, -0.2) is 9.97 Å². The highest BCUT2D eigenvalue weighted by atomic mass is 16.3. The molecule has 2 aromatic rings. The van der Waals surface area contributed by atoms with E-state index in [0.717, 1.165) is 81.2 Å². The molecule has 146 valence electrons. The first-order valence-electron chi connectivity index (χ1n) is 10.0. The van der Waals surface area contributed by atoms with Gasteiger partial charge in [-0.3, -0.25) is 4.79 Å². The zero-order chi connectivity index (χ0) is 19.0. The molecule has 1 atom stereocenters. The van der Waals surface area contributed by atoms with Crippen LogP contribution in [0.3, 0.4) is 0 Å². The molecular formula is C20H29N5O2. The summed E-state index contributed by atoms with van der Waals surface area (Å²) in [7, 11) is 0. The lowest BCUT2D eigenvalue weighted by molar-refractivity contribution is -0.137. The molecule has 2 aromatic heterocycles. The highest BCUT2D eigenvalue weighted by Gasteiger charge is 2.32. The van der Waals surface area contributed by atoms with Crippen molar-refractivity contribution in [3.8, 4) is 0 Å². The van der Waals surface area contributed by atoms with Crippen molar-refractivity contribution < 1.29 is 9.21 Å². The van der Waals surface area contributed by atoms with Crippen LogP contribution in [0.1, 0.15) is 31.1 Å². The molecule has 2 aliphatic heterocycles. The molecule has 27 heavy (non-hydrogen) atoms. The van der Waals surface area contributed by atoms with E-state index in [-0.39, 0.29) is 5.92 Å². The molecule has 0 saturated carbocycles. The van der Waals surface area contributed by atoms with Crippen LogP contribution in [0.2, 0.25) is 0 Å². The van der Waals surface area contributed by atoms with Gasteiger partial charge in [0.25, 0.3) is 0 Å². The van der Waals surface area contributed by atoms with Crippen molar-refractivity contribution >= 4 is 22.8 Å². The largest absolute Gasteiger partial charge is 0.443 e. The summed E-state index contributed by atoms with van der Waals surface area (Å²) in [6.45, 7) is 12.6. The quantitative estimate of drug-likeness (QED) is 0.824. The summed E-state index contributed by atoms with van der Waals surface area (Å²) in [5.74, 6) is 2.14. The summed E-state index contributed by atoms with van der Waals surface area (Å²) in [6, 6.07) is 0. The second-order valence-electron chi connectivity index (χ2n) is 7.71. The summed E-state index contributed by atoms with van der Waals surface area (Å²) in [5, 5.41) is 0.986. The van der Waals surface area contributed by atoms with Gasteiger partial charge in [0, 0.05) is 44.8 Å². The van der Waals surface area contributed by atoms with Gasteiger partial charge >= 0.3 is 0 Å². The highest BCUT2D eigenvalue weighted by molar-refractivity contribution is 5.90. The van der Waals surface area contributed by atoms with Crippen molar-refractivity contribution in [3.05, 3.63) is 17.7 Å². The van der Waals surface area contributed by atoms with Gasteiger partial charge in [-0.15, -0.1) is 0 Å². The summed E-state index contributed by atoms with van der Waals surface area (Å²) < 4.78 is 5.76.